The van der Waals surface area contributed by atoms with Gasteiger partial charge < -0.3 is 17.5 Å². The zero-order valence-electron chi connectivity index (χ0n) is 10.3. The van der Waals surface area contributed by atoms with Crippen molar-refractivity contribution in [2.24, 2.45) is 0 Å². The summed E-state index contributed by atoms with van der Waals surface area (Å²) in [5, 5.41) is 11.7. The van der Waals surface area contributed by atoms with Crippen molar-refractivity contribution in [3.63, 3.8) is 0 Å². The predicted octanol–water partition coefficient (Wildman–Crippen LogP) is -0.115. The largest absolute Gasteiger partial charge is 1.00 e. The molecular weight excluding hydrogens is 258 g/mol. The summed E-state index contributed by atoms with van der Waals surface area (Å²) in [7, 11) is 0. The van der Waals surface area contributed by atoms with Gasteiger partial charge in [-0.3, -0.25) is 0 Å². The lowest BCUT2D eigenvalue weighted by atomic mass is 10.1. The molecule has 0 aliphatic carbocycles. The van der Waals surface area contributed by atoms with Crippen LogP contribution in [0.2, 0.25) is 0 Å². The van der Waals surface area contributed by atoms with Crippen molar-refractivity contribution in [1.82, 2.24) is 0 Å². The van der Waals surface area contributed by atoms with Gasteiger partial charge in [0.1, 0.15) is 5.75 Å². The van der Waals surface area contributed by atoms with E-state index < -0.39 is 0 Å². The van der Waals surface area contributed by atoms with E-state index in [1.807, 2.05) is 42.6 Å². The minimum absolute atomic E-state index is 0. The molecule has 3 heteroatoms. The van der Waals surface area contributed by atoms with Gasteiger partial charge in [-0.05, 0) is 12.1 Å². The Morgan fingerprint density at radius 3 is 2.47 bits per heavy atom. The molecule has 2 nitrogen and oxygen atoms in total. The summed E-state index contributed by atoms with van der Waals surface area (Å²) in [6.07, 6.45) is 4.05. The third kappa shape index (κ3) is 2.85. The molecule has 1 aromatic heterocycles. The molecule has 0 bridgehead atoms. The maximum Gasteiger partial charge on any atom is 0.177 e. The lowest BCUT2D eigenvalue weighted by Gasteiger charge is -2.01. The number of hydrogen-bond donors (Lipinski definition) is 1. The molecule has 0 saturated heterocycles. The van der Waals surface area contributed by atoms with Crippen molar-refractivity contribution < 1.29 is 22.1 Å². The van der Waals surface area contributed by atoms with E-state index in [1.54, 1.807) is 6.07 Å². The number of nitrogens with zero attached hydrogens (tertiary/aromatic N) is 1. The quantitative estimate of drug-likeness (QED) is 0.646. The Kier molecular flexibility index (Phi) is 4.03. The number of pyridine rings is 1. The van der Waals surface area contributed by atoms with E-state index in [0.29, 0.717) is 5.75 Å². The Morgan fingerprint density at radius 1 is 0.895 bits per heavy atom. The molecule has 0 atom stereocenters. The van der Waals surface area contributed by atoms with Gasteiger partial charge in [0.25, 0.3) is 0 Å². The molecule has 3 rings (SSSR count). The molecule has 19 heavy (non-hydrogen) atoms. The first-order valence-electron chi connectivity index (χ1n) is 5.98. The van der Waals surface area contributed by atoms with Crippen LogP contribution in [-0.2, 0) is 6.54 Å². The third-order valence-corrected chi connectivity index (χ3v) is 3.06. The standard InChI is InChI=1S/C16H13NO.ClH/c18-16-8-4-7-14-12-17(10-9-15(14)16)11-13-5-2-1-3-6-13;/h1-10,12H,11H2;1H. The Hall–Kier alpha value is -2.06. The maximum absolute atomic E-state index is 9.74. The number of halogens is 1. The fourth-order valence-corrected chi connectivity index (χ4v) is 2.15. The van der Waals surface area contributed by atoms with E-state index in [0.717, 1.165) is 17.3 Å². The molecule has 2 aromatic carbocycles. The summed E-state index contributed by atoms with van der Waals surface area (Å²) >= 11 is 0. The smallest absolute Gasteiger partial charge is 0.177 e. The third-order valence-electron chi connectivity index (χ3n) is 3.06. The fraction of sp³-hybridized carbons (Fsp3) is 0.0625. The second-order valence-corrected chi connectivity index (χ2v) is 4.38. The van der Waals surface area contributed by atoms with Crippen molar-refractivity contribution in [2.75, 3.05) is 0 Å². The molecule has 1 heterocycles. The first kappa shape index (κ1) is 13.4. The first-order valence-corrected chi connectivity index (χ1v) is 5.98. The van der Waals surface area contributed by atoms with Crippen molar-refractivity contribution in [1.29, 1.82) is 0 Å². The van der Waals surface area contributed by atoms with Gasteiger partial charge in [-0.2, -0.15) is 0 Å². The number of phenolic OH excluding ortho intramolecular Hbond substituents is 1. The number of benzene rings is 2. The number of aromatic hydroxyl groups is 1. The van der Waals surface area contributed by atoms with Gasteiger partial charge in [0.15, 0.2) is 18.9 Å². The summed E-state index contributed by atoms with van der Waals surface area (Å²) in [5.41, 5.74) is 1.27. The van der Waals surface area contributed by atoms with E-state index in [-0.39, 0.29) is 12.4 Å². The van der Waals surface area contributed by atoms with E-state index in [2.05, 4.69) is 22.9 Å². The molecule has 0 amide bonds. The molecule has 0 saturated carbocycles. The van der Waals surface area contributed by atoms with E-state index in [9.17, 15) is 5.11 Å². The number of aromatic nitrogens is 1. The molecule has 0 aliphatic rings. The average molecular weight is 272 g/mol. The van der Waals surface area contributed by atoms with Crippen molar-refractivity contribution in [3.05, 3.63) is 72.6 Å². The van der Waals surface area contributed by atoms with E-state index >= 15 is 0 Å². The molecule has 0 fully saturated rings. The highest BCUT2D eigenvalue weighted by molar-refractivity contribution is 5.86. The van der Waals surface area contributed by atoms with Crippen LogP contribution in [-0.4, -0.2) is 5.11 Å². The maximum atomic E-state index is 9.74. The molecule has 0 radical (unpaired) electrons. The summed E-state index contributed by atoms with van der Waals surface area (Å²) in [6.45, 7) is 0.840. The van der Waals surface area contributed by atoms with Gasteiger partial charge in [-0.15, -0.1) is 0 Å². The van der Waals surface area contributed by atoms with Crippen LogP contribution in [0, 0.1) is 0 Å². The molecule has 0 spiro atoms. The van der Waals surface area contributed by atoms with Crippen LogP contribution in [0.4, 0.5) is 0 Å². The minimum Gasteiger partial charge on any atom is -1.00 e. The molecule has 0 aliphatic heterocycles. The van der Waals surface area contributed by atoms with Gasteiger partial charge in [0.2, 0.25) is 0 Å². The Balaban J connectivity index is 0.00000133. The molecule has 96 valence electrons. The van der Waals surface area contributed by atoms with Crippen molar-refractivity contribution in [2.45, 2.75) is 6.54 Å². The van der Waals surface area contributed by atoms with Crippen LogP contribution in [0.15, 0.2) is 67.0 Å². The summed E-state index contributed by atoms with van der Waals surface area (Å²) in [4.78, 5) is 0. The van der Waals surface area contributed by atoms with E-state index in [4.69, 9.17) is 0 Å². The van der Waals surface area contributed by atoms with Crippen molar-refractivity contribution in [3.8, 4) is 5.75 Å². The van der Waals surface area contributed by atoms with E-state index in [1.165, 1.54) is 5.56 Å². The number of fused-ring (bicyclic) bond motifs is 1. The van der Waals surface area contributed by atoms with Crippen LogP contribution >= 0.6 is 0 Å². The van der Waals surface area contributed by atoms with Gasteiger partial charge in [-0.1, -0.05) is 36.4 Å². The lowest BCUT2D eigenvalue weighted by Crippen LogP contribution is -3.00. The van der Waals surface area contributed by atoms with Crippen molar-refractivity contribution >= 4 is 10.8 Å². The number of rotatable bonds is 2. The number of hydrogen-bond acceptors (Lipinski definition) is 1. The molecule has 1 N–H and O–H groups in total. The monoisotopic (exact) mass is 271 g/mol. The normalized spacial score (nSPS) is 10.1. The Labute approximate surface area is 118 Å². The number of phenols is 1. The molecule has 0 unspecified atom stereocenters. The van der Waals surface area contributed by atoms with Gasteiger partial charge in [0.05, 0.1) is 0 Å². The highest BCUT2D eigenvalue weighted by atomic mass is 35.5. The lowest BCUT2D eigenvalue weighted by molar-refractivity contribution is -0.687. The van der Waals surface area contributed by atoms with Gasteiger partial charge in [0, 0.05) is 22.4 Å². The van der Waals surface area contributed by atoms with Crippen LogP contribution in [0.3, 0.4) is 0 Å². The zero-order chi connectivity index (χ0) is 12.4. The SMILES string of the molecule is Oc1cccc2c[n+](Cc3ccccc3)ccc12.[Cl-]. The second kappa shape index (κ2) is 5.72. The Morgan fingerprint density at radius 2 is 1.68 bits per heavy atom. The fourth-order valence-electron chi connectivity index (χ4n) is 2.15. The highest BCUT2D eigenvalue weighted by Crippen LogP contribution is 2.22. The van der Waals surface area contributed by atoms with Crippen LogP contribution in [0.1, 0.15) is 5.56 Å². The predicted molar refractivity (Wildman–Crippen MR) is 71.4 cm³/mol. The topological polar surface area (TPSA) is 24.1 Å². The van der Waals surface area contributed by atoms with Gasteiger partial charge in [-0.25, -0.2) is 4.57 Å². The highest BCUT2D eigenvalue weighted by Gasteiger charge is 2.06. The van der Waals surface area contributed by atoms with Gasteiger partial charge >= 0.3 is 0 Å². The van der Waals surface area contributed by atoms with Crippen LogP contribution < -0.4 is 17.0 Å². The van der Waals surface area contributed by atoms with Crippen LogP contribution in [0.5, 0.6) is 5.75 Å². The second-order valence-electron chi connectivity index (χ2n) is 4.38. The van der Waals surface area contributed by atoms with Crippen LogP contribution in [0.25, 0.3) is 10.8 Å². The zero-order valence-corrected chi connectivity index (χ0v) is 11.1. The summed E-state index contributed by atoms with van der Waals surface area (Å²) < 4.78 is 2.12. The summed E-state index contributed by atoms with van der Waals surface area (Å²) in [5.74, 6) is 0.333. The average Bonchev–Trinajstić information content (AvgIpc) is 2.40. The first-order chi connectivity index (χ1) is 8.83. The minimum atomic E-state index is 0. The summed E-state index contributed by atoms with van der Waals surface area (Å²) in [6, 6.07) is 17.9. The Bertz CT molecular complexity index is 683. The molecular formula is C16H14ClNO. The molecule has 3 aromatic rings.